The molecule has 24 heavy (non-hydrogen) atoms. The number of pyridine rings is 1. The van der Waals surface area contributed by atoms with Crippen LogP contribution in [0.2, 0.25) is 0 Å². The summed E-state index contributed by atoms with van der Waals surface area (Å²) in [5, 5.41) is 10.1. The highest BCUT2D eigenvalue weighted by atomic mass is 16.3. The molecule has 1 unspecified atom stereocenters. The zero-order valence-corrected chi connectivity index (χ0v) is 13.5. The lowest BCUT2D eigenvalue weighted by molar-refractivity contribution is 0.214. The zero-order valence-electron chi connectivity index (χ0n) is 13.5. The minimum atomic E-state index is -0.445. The topological polar surface area (TPSA) is 33.1 Å². The van der Waals surface area contributed by atoms with Crippen LogP contribution in [0.5, 0.6) is 0 Å². The Bertz CT molecular complexity index is 764. The predicted molar refractivity (Wildman–Crippen MR) is 99.5 cm³/mol. The van der Waals surface area contributed by atoms with Gasteiger partial charge < -0.3 is 5.11 Å². The van der Waals surface area contributed by atoms with Crippen LogP contribution in [0, 0.1) is 0 Å². The van der Waals surface area contributed by atoms with E-state index in [0.29, 0.717) is 6.42 Å². The Labute approximate surface area is 143 Å². The summed E-state index contributed by atoms with van der Waals surface area (Å²) >= 11 is 0. The van der Waals surface area contributed by atoms with Gasteiger partial charge in [0.25, 0.3) is 0 Å². The predicted octanol–water partition coefficient (Wildman–Crippen LogP) is 4.76. The molecule has 0 aliphatic rings. The van der Waals surface area contributed by atoms with Crippen LogP contribution in [0.1, 0.15) is 17.5 Å². The Balaban J connectivity index is 1.56. The van der Waals surface area contributed by atoms with Crippen LogP contribution in [0.4, 0.5) is 0 Å². The fourth-order valence-electron chi connectivity index (χ4n) is 2.60. The molecule has 0 fully saturated rings. The van der Waals surface area contributed by atoms with Crippen molar-refractivity contribution in [1.29, 1.82) is 0 Å². The molecule has 3 rings (SSSR count). The van der Waals surface area contributed by atoms with Gasteiger partial charge in [0.15, 0.2) is 0 Å². The van der Waals surface area contributed by atoms with Gasteiger partial charge in [0.05, 0.1) is 6.10 Å². The molecule has 1 heterocycles. The summed E-state index contributed by atoms with van der Waals surface area (Å²) in [6.07, 6.45) is 8.52. The number of hydrogen-bond donors (Lipinski definition) is 1. The first kappa shape index (κ1) is 16.2. The Morgan fingerprint density at radius 3 is 2.33 bits per heavy atom. The molecule has 2 aromatic carbocycles. The van der Waals surface area contributed by atoms with Crippen LogP contribution in [0.25, 0.3) is 17.2 Å². The van der Waals surface area contributed by atoms with E-state index in [2.05, 4.69) is 41.4 Å². The van der Waals surface area contributed by atoms with Gasteiger partial charge in [-0.05, 0) is 41.2 Å². The van der Waals surface area contributed by atoms with Gasteiger partial charge in [-0.3, -0.25) is 4.98 Å². The molecule has 0 bridgehead atoms. The van der Waals surface area contributed by atoms with Gasteiger partial charge in [-0.1, -0.05) is 72.8 Å². The highest BCUT2D eigenvalue weighted by Crippen LogP contribution is 2.19. The van der Waals surface area contributed by atoms with E-state index in [1.165, 1.54) is 11.1 Å². The monoisotopic (exact) mass is 315 g/mol. The van der Waals surface area contributed by atoms with E-state index in [0.717, 1.165) is 17.5 Å². The van der Waals surface area contributed by atoms with Crippen molar-refractivity contribution in [1.82, 2.24) is 4.98 Å². The van der Waals surface area contributed by atoms with E-state index in [1.807, 2.05) is 48.7 Å². The van der Waals surface area contributed by atoms with Crippen LogP contribution >= 0.6 is 0 Å². The lowest BCUT2D eigenvalue weighted by Crippen LogP contribution is -2.03. The van der Waals surface area contributed by atoms with Crippen molar-refractivity contribution in [3.63, 3.8) is 0 Å². The second-order valence-electron chi connectivity index (χ2n) is 5.81. The maximum absolute atomic E-state index is 10.1. The third-order valence-corrected chi connectivity index (χ3v) is 3.98. The third kappa shape index (κ3) is 4.64. The molecular weight excluding hydrogens is 294 g/mol. The number of nitrogens with zero attached hydrogens (tertiary/aromatic N) is 1. The molecule has 0 aliphatic carbocycles. The van der Waals surface area contributed by atoms with Crippen LogP contribution in [0.3, 0.4) is 0 Å². The van der Waals surface area contributed by atoms with Crippen molar-refractivity contribution >= 4 is 6.08 Å². The van der Waals surface area contributed by atoms with Crippen molar-refractivity contribution in [2.24, 2.45) is 0 Å². The van der Waals surface area contributed by atoms with Gasteiger partial charge in [-0.25, -0.2) is 0 Å². The van der Waals surface area contributed by atoms with Gasteiger partial charge in [0.1, 0.15) is 0 Å². The number of rotatable bonds is 6. The lowest BCUT2D eigenvalue weighted by Gasteiger charge is -2.06. The van der Waals surface area contributed by atoms with Crippen molar-refractivity contribution in [3.05, 3.63) is 96.3 Å². The van der Waals surface area contributed by atoms with E-state index in [1.54, 1.807) is 6.20 Å². The minimum absolute atomic E-state index is 0.445. The molecule has 1 atom stereocenters. The molecule has 0 saturated carbocycles. The lowest BCUT2D eigenvalue weighted by atomic mass is 10.0. The summed E-state index contributed by atoms with van der Waals surface area (Å²) in [5.41, 5.74) is 4.65. The van der Waals surface area contributed by atoms with Crippen LogP contribution in [0.15, 0.2) is 85.2 Å². The third-order valence-electron chi connectivity index (χ3n) is 3.98. The Hall–Kier alpha value is -2.71. The Kier molecular flexibility index (Phi) is 5.54. The molecule has 0 radical (unpaired) electrons. The maximum Gasteiger partial charge on any atom is 0.0727 e. The van der Waals surface area contributed by atoms with Crippen LogP contribution < -0.4 is 0 Å². The first-order valence-corrected chi connectivity index (χ1v) is 8.22. The summed E-state index contributed by atoms with van der Waals surface area (Å²) in [5.74, 6) is 0. The molecule has 1 aromatic heterocycles. The average Bonchev–Trinajstić information content (AvgIpc) is 2.67. The molecule has 3 aromatic rings. The molecule has 0 saturated heterocycles. The summed E-state index contributed by atoms with van der Waals surface area (Å²) in [6.45, 7) is 0. The highest BCUT2D eigenvalue weighted by Gasteiger charge is 2.01. The summed E-state index contributed by atoms with van der Waals surface area (Å²) < 4.78 is 0. The number of aliphatic hydroxyl groups is 1. The van der Waals surface area contributed by atoms with Crippen molar-refractivity contribution < 1.29 is 5.11 Å². The summed E-state index contributed by atoms with van der Waals surface area (Å²) in [6, 6.07) is 22.6. The number of aromatic nitrogens is 1. The normalized spacial score (nSPS) is 12.4. The van der Waals surface area contributed by atoms with Crippen molar-refractivity contribution in [3.8, 4) is 11.1 Å². The first-order chi connectivity index (χ1) is 11.8. The van der Waals surface area contributed by atoms with Gasteiger partial charge in [0, 0.05) is 12.4 Å². The molecule has 0 aliphatic heterocycles. The quantitative estimate of drug-likeness (QED) is 0.711. The maximum atomic E-state index is 10.1. The highest BCUT2D eigenvalue weighted by molar-refractivity contribution is 5.65. The average molecular weight is 315 g/mol. The van der Waals surface area contributed by atoms with E-state index in [-0.39, 0.29) is 0 Å². The molecule has 0 amide bonds. The molecule has 2 nitrogen and oxygen atoms in total. The smallest absolute Gasteiger partial charge is 0.0727 e. The van der Waals surface area contributed by atoms with Gasteiger partial charge >= 0.3 is 0 Å². The molecule has 120 valence electrons. The molecule has 1 N–H and O–H groups in total. The van der Waals surface area contributed by atoms with Gasteiger partial charge in [0.2, 0.25) is 0 Å². The largest absolute Gasteiger partial charge is 0.389 e. The fourth-order valence-corrected chi connectivity index (χ4v) is 2.60. The zero-order chi connectivity index (χ0) is 16.6. The Morgan fingerprint density at radius 2 is 1.62 bits per heavy atom. The summed E-state index contributed by atoms with van der Waals surface area (Å²) in [4.78, 5) is 4.09. The van der Waals surface area contributed by atoms with Crippen LogP contribution in [-0.4, -0.2) is 16.2 Å². The second kappa shape index (κ2) is 8.23. The molecular formula is C22H21NO. The number of aryl methyl sites for hydroxylation is 1. The number of benzene rings is 2. The SMILES string of the molecule is OC(/C=C/c1ccc(-c2ccccc2)cc1)CCc1cccnc1. The molecule has 0 spiro atoms. The Morgan fingerprint density at radius 1 is 0.875 bits per heavy atom. The number of aliphatic hydroxyl groups excluding tert-OH is 1. The number of hydrogen-bond acceptors (Lipinski definition) is 2. The standard InChI is InChI=1S/C22H21NO/c24-22(15-11-19-5-4-16-23-17-19)14-10-18-8-12-21(13-9-18)20-6-2-1-3-7-20/h1-10,12-14,16-17,22,24H,11,15H2/b14-10+. The fraction of sp³-hybridized carbons (Fsp3) is 0.136. The molecule has 2 heteroatoms. The van der Waals surface area contributed by atoms with Crippen LogP contribution in [-0.2, 0) is 6.42 Å². The second-order valence-corrected chi connectivity index (χ2v) is 5.81. The van der Waals surface area contributed by atoms with Crippen molar-refractivity contribution in [2.45, 2.75) is 18.9 Å². The minimum Gasteiger partial charge on any atom is -0.389 e. The van der Waals surface area contributed by atoms with Gasteiger partial charge in [-0.2, -0.15) is 0 Å². The van der Waals surface area contributed by atoms with E-state index in [4.69, 9.17) is 0 Å². The first-order valence-electron chi connectivity index (χ1n) is 8.22. The van der Waals surface area contributed by atoms with E-state index >= 15 is 0 Å². The van der Waals surface area contributed by atoms with Gasteiger partial charge in [-0.15, -0.1) is 0 Å². The van der Waals surface area contributed by atoms with E-state index < -0.39 is 6.10 Å². The summed E-state index contributed by atoms with van der Waals surface area (Å²) in [7, 11) is 0. The van der Waals surface area contributed by atoms with E-state index in [9.17, 15) is 5.11 Å². The van der Waals surface area contributed by atoms with Crippen molar-refractivity contribution in [2.75, 3.05) is 0 Å².